The van der Waals surface area contributed by atoms with E-state index in [-0.39, 0.29) is 0 Å². The SMILES string of the molecule is O=C(O)C1(NC2CCCCCC2)CCCCCCC1. The van der Waals surface area contributed by atoms with Crippen molar-refractivity contribution in [3.63, 3.8) is 0 Å². The van der Waals surface area contributed by atoms with Gasteiger partial charge in [0, 0.05) is 6.04 Å². The van der Waals surface area contributed by atoms with E-state index in [0.29, 0.717) is 6.04 Å². The van der Waals surface area contributed by atoms with E-state index in [2.05, 4.69) is 5.32 Å². The minimum atomic E-state index is -0.630. The van der Waals surface area contributed by atoms with E-state index < -0.39 is 11.5 Å². The summed E-state index contributed by atoms with van der Waals surface area (Å²) in [6, 6.07) is 0.429. The van der Waals surface area contributed by atoms with Crippen molar-refractivity contribution >= 4 is 5.97 Å². The highest BCUT2D eigenvalue weighted by atomic mass is 16.4. The number of carboxylic acid groups (broad SMARTS) is 1. The molecule has 0 aromatic rings. The highest BCUT2D eigenvalue weighted by molar-refractivity contribution is 5.78. The molecule has 2 N–H and O–H groups in total. The van der Waals surface area contributed by atoms with Crippen LogP contribution in [0.15, 0.2) is 0 Å². The fourth-order valence-electron chi connectivity index (χ4n) is 3.74. The maximum atomic E-state index is 11.8. The number of aliphatic carboxylic acids is 1. The summed E-state index contributed by atoms with van der Waals surface area (Å²) in [7, 11) is 0. The molecule has 0 atom stereocenters. The van der Waals surface area contributed by atoms with Crippen LogP contribution in [0.4, 0.5) is 0 Å². The van der Waals surface area contributed by atoms with Gasteiger partial charge in [-0.3, -0.25) is 10.1 Å². The Labute approximate surface area is 117 Å². The van der Waals surface area contributed by atoms with Crippen LogP contribution in [0.25, 0.3) is 0 Å². The van der Waals surface area contributed by atoms with Crippen LogP contribution in [-0.2, 0) is 4.79 Å². The van der Waals surface area contributed by atoms with Gasteiger partial charge in [0.25, 0.3) is 0 Å². The molecule has 3 heteroatoms. The van der Waals surface area contributed by atoms with Crippen LogP contribution in [0.5, 0.6) is 0 Å². The van der Waals surface area contributed by atoms with Crippen molar-refractivity contribution in [2.45, 2.75) is 95.1 Å². The smallest absolute Gasteiger partial charge is 0.323 e. The third kappa shape index (κ3) is 4.20. The fourth-order valence-corrected chi connectivity index (χ4v) is 3.74. The van der Waals surface area contributed by atoms with Gasteiger partial charge in [-0.2, -0.15) is 0 Å². The van der Waals surface area contributed by atoms with Gasteiger partial charge in [-0.15, -0.1) is 0 Å². The second-order valence-electron chi connectivity index (χ2n) is 6.49. The van der Waals surface area contributed by atoms with Gasteiger partial charge in [-0.25, -0.2) is 0 Å². The summed E-state index contributed by atoms with van der Waals surface area (Å²) in [5.74, 6) is -0.612. The Kier molecular flexibility index (Phi) is 5.68. The van der Waals surface area contributed by atoms with E-state index in [1.165, 1.54) is 44.9 Å². The lowest BCUT2D eigenvalue weighted by Gasteiger charge is -2.36. The molecule has 0 saturated heterocycles. The molecule has 0 aliphatic heterocycles. The van der Waals surface area contributed by atoms with Crippen molar-refractivity contribution < 1.29 is 9.90 Å². The van der Waals surface area contributed by atoms with Gasteiger partial charge in [0.1, 0.15) is 5.54 Å². The normalized spacial score (nSPS) is 26.1. The molecule has 110 valence electrons. The first kappa shape index (κ1) is 14.8. The van der Waals surface area contributed by atoms with E-state index in [9.17, 15) is 9.90 Å². The Morgan fingerprint density at radius 1 is 0.842 bits per heavy atom. The zero-order valence-electron chi connectivity index (χ0n) is 12.1. The molecule has 3 nitrogen and oxygen atoms in total. The van der Waals surface area contributed by atoms with E-state index in [1.54, 1.807) is 0 Å². The molecule has 0 amide bonds. The Balaban J connectivity index is 2.01. The Hall–Kier alpha value is -0.570. The lowest BCUT2D eigenvalue weighted by atomic mass is 9.82. The first-order chi connectivity index (χ1) is 9.23. The molecule has 2 aliphatic rings. The van der Waals surface area contributed by atoms with Crippen molar-refractivity contribution in [3.8, 4) is 0 Å². The van der Waals surface area contributed by atoms with Crippen LogP contribution in [0, 0.1) is 0 Å². The second kappa shape index (κ2) is 7.28. The Bertz CT molecular complexity index is 274. The molecule has 2 fully saturated rings. The number of rotatable bonds is 3. The molecule has 0 aromatic carbocycles. The van der Waals surface area contributed by atoms with Crippen molar-refractivity contribution in [1.82, 2.24) is 5.32 Å². The summed E-state index contributed by atoms with van der Waals surface area (Å²) in [5.41, 5.74) is -0.630. The maximum absolute atomic E-state index is 11.8. The van der Waals surface area contributed by atoms with Crippen LogP contribution in [0.3, 0.4) is 0 Å². The Morgan fingerprint density at radius 2 is 1.32 bits per heavy atom. The van der Waals surface area contributed by atoms with Crippen LogP contribution < -0.4 is 5.32 Å². The van der Waals surface area contributed by atoms with Crippen molar-refractivity contribution in [2.24, 2.45) is 0 Å². The molecule has 2 aliphatic carbocycles. The minimum absolute atomic E-state index is 0.429. The molecule has 2 saturated carbocycles. The van der Waals surface area contributed by atoms with E-state index >= 15 is 0 Å². The van der Waals surface area contributed by atoms with Crippen LogP contribution in [0.2, 0.25) is 0 Å². The third-order valence-corrected chi connectivity index (χ3v) is 4.95. The molecule has 0 radical (unpaired) electrons. The van der Waals surface area contributed by atoms with Gasteiger partial charge in [-0.05, 0) is 25.7 Å². The molecule has 0 spiro atoms. The van der Waals surface area contributed by atoms with Gasteiger partial charge in [0.2, 0.25) is 0 Å². The number of hydrogen-bond acceptors (Lipinski definition) is 2. The van der Waals surface area contributed by atoms with E-state index in [1.807, 2.05) is 0 Å². The summed E-state index contributed by atoms with van der Waals surface area (Å²) in [6.45, 7) is 0. The zero-order valence-corrected chi connectivity index (χ0v) is 12.1. The van der Waals surface area contributed by atoms with Crippen molar-refractivity contribution in [3.05, 3.63) is 0 Å². The first-order valence-electron chi connectivity index (χ1n) is 8.24. The fraction of sp³-hybridized carbons (Fsp3) is 0.938. The van der Waals surface area contributed by atoms with Crippen LogP contribution in [0.1, 0.15) is 83.5 Å². The van der Waals surface area contributed by atoms with Gasteiger partial charge in [0.05, 0.1) is 0 Å². The third-order valence-electron chi connectivity index (χ3n) is 4.95. The molecular weight excluding hydrogens is 238 g/mol. The highest BCUT2D eigenvalue weighted by Crippen LogP contribution is 2.29. The number of nitrogens with one attached hydrogen (secondary N) is 1. The molecule has 0 heterocycles. The second-order valence-corrected chi connectivity index (χ2v) is 6.49. The van der Waals surface area contributed by atoms with Crippen LogP contribution >= 0.6 is 0 Å². The standard InChI is InChI=1S/C16H29NO2/c18-15(19)16(12-8-4-1-5-9-13-16)17-14-10-6-2-3-7-11-14/h14,17H,1-13H2,(H,18,19). The largest absolute Gasteiger partial charge is 0.480 e. The average Bonchev–Trinajstić information content (AvgIpc) is 2.61. The van der Waals surface area contributed by atoms with Crippen LogP contribution in [-0.4, -0.2) is 22.7 Å². The van der Waals surface area contributed by atoms with E-state index in [4.69, 9.17) is 0 Å². The summed E-state index contributed by atoms with van der Waals surface area (Å²) < 4.78 is 0. The maximum Gasteiger partial charge on any atom is 0.323 e. The number of carbonyl (C=O) groups is 1. The van der Waals surface area contributed by atoms with Crippen molar-refractivity contribution in [1.29, 1.82) is 0 Å². The molecule has 2 rings (SSSR count). The molecule has 19 heavy (non-hydrogen) atoms. The molecule has 0 unspecified atom stereocenters. The first-order valence-corrected chi connectivity index (χ1v) is 8.24. The lowest BCUT2D eigenvalue weighted by Crippen LogP contribution is -2.56. The summed E-state index contributed by atoms with van der Waals surface area (Å²) in [6.07, 6.45) is 14.9. The van der Waals surface area contributed by atoms with Crippen molar-refractivity contribution in [2.75, 3.05) is 0 Å². The minimum Gasteiger partial charge on any atom is -0.480 e. The number of carboxylic acids is 1. The lowest BCUT2D eigenvalue weighted by molar-refractivity contribution is -0.146. The van der Waals surface area contributed by atoms with Gasteiger partial charge < -0.3 is 5.11 Å². The van der Waals surface area contributed by atoms with Gasteiger partial charge in [0.15, 0.2) is 0 Å². The molecular formula is C16H29NO2. The topological polar surface area (TPSA) is 49.3 Å². The highest BCUT2D eigenvalue weighted by Gasteiger charge is 2.39. The van der Waals surface area contributed by atoms with Gasteiger partial charge >= 0.3 is 5.97 Å². The predicted molar refractivity (Wildman–Crippen MR) is 77.3 cm³/mol. The summed E-state index contributed by atoms with van der Waals surface area (Å²) >= 11 is 0. The molecule has 0 bridgehead atoms. The molecule has 0 aromatic heterocycles. The van der Waals surface area contributed by atoms with Gasteiger partial charge in [-0.1, -0.05) is 57.8 Å². The Morgan fingerprint density at radius 3 is 1.84 bits per heavy atom. The summed E-state index contributed by atoms with van der Waals surface area (Å²) in [5, 5.41) is 13.3. The quantitative estimate of drug-likeness (QED) is 0.763. The summed E-state index contributed by atoms with van der Waals surface area (Å²) in [4.78, 5) is 11.8. The predicted octanol–water partition coefficient (Wildman–Crippen LogP) is 3.87. The zero-order chi connectivity index (χ0) is 13.6. The average molecular weight is 267 g/mol. The number of hydrogen-bond donors (Lipinski definition) is 2. The monoisotopic (exact) mass is 267 g/mol. The van der Waals surface area contributed by atoms with E-state index in [0.717, 1.165) is 38.5 Å².